The van der Waals surface area contributed by atoms with E-state index in [0.29, 0.717) is 11.9 Å². The molecule has 244 valence electrons. The average molecular weight is 656 g/mol. The molecule has 0 spiro atoms. The van der Waals surface area contributed by atoms with E-state index in [1.807, 2.05) is 0 Å². The van der Waals surface area contributed by atoms with Crippen molar-refractivity contribution in [2.45, 2.75) is 38.0 Å². The van der Waals surface area contributed by atoms with Gasteiger partial charge in [0.05, 0.1) is 22.2 Å². The van der Waals surface area contributed by atoms with Crippen LogP contribution in [-0.2, 0) is 0 Å². The highest BCUT2D eigenvalue weighted by Crippen LogP contribution is 2.40. The maximum atomic E-state index is 5.32. The summed E-state index contributed by atoms with van der Waals surface area (Å²) in [7, 11) is 0. The highest BCUT2D eigenvalue weighted by atomic mass is 15.2. The number of nitrogens with zero attached hydrogens (tertiary/aromatic N) is 3. The van der Waals surface area contributed by atoms with Crippen LogP contribution in [0.5, 0.6) is 0 Å². The molecule has 0 saturated heterocycles. The van der Waals surface area contributed by atoms with Crippen molar-refractivity contribution < 1.29 is 0 Å². The molecule has 0 N–H and O–H groups in total. The van der Waals surface area contributed by atoms with Crippen LogP contribution in [0.25, 0.3) is 82.9 Å². The van der Waals surface area contributed by atoms with E-state index in [1.54, 1.807) is 0 Å². The van der Waals surface area contributed by atoms with Gasteiger partial charge in [-0.2, -0.15) is 0 Å². The monoisotopic (exact) mass is 655 g/mol. The lowest BCUT2D eigenvalue weighted by molar-refractivity contribution is 0.444. The van der Waals surface area contributed by atoms with Crippen molar-refractivity contribution in [2.24, 2.45) is 0 Å². The van der Waals surface area contributed by atoms with Crippen LogP contribution in [0.2, 0.25) is 0 Å². The quantitative estimate of drug-likeness (QED) is 0.185. The molecule has 1 aliphatic carbocycles. The number of hydrogen-bond acceptors (Lipinski definition) is 2. The summed E-state index contributed by atoms with van der Waals surface area (Å²) in [5, 5.41) is 6.00. The Morgan fingerprint density at radius 3 is 1.80 bits per heavy atom. The fourth-order valence-corrected chi connectivity index (χ4v) is 8.55. The number of hydrogen-bond donors (Lipinski definition) is 0. The lowest BCUT2D eigenvalue weighted by Gasteiger charge is -2.22. The van der Waals surface area contributed by atoms with Crippen molar-refractivity contribution in [1.82, 2.24) is 14.5 Å². The first kappa shape index (κ1) is 29.8. The third-order valence-electron chi connectivity index (χ3n) is 11.0. The van der Waals surface area contributed by atoms with Gasteiger partial charge >= 0.3 is 0 Å². The largest absolute Gasteiger partial charge is 0.278 e. The van der Waals surface area contributed by atoms with Crippen molar-refractivity contribution in [3.63, 3.8) is 0 Å². The van der Waals surface area contributed by atoms with Gasteiger partial charge in [0.2, 0.25) is 5.95 Å². The Bertz CT molecular complexity index is 2670. The van der Waals surface area contributed by atoms with Crippen molar-refractivity contribution in [3.8, 4) is 39.5 Å². The molecule has 1 aliphatic rings. The standard InChI is InChI=1S/C48H37N3/c1-2-13-32(14-3-1)36-17-10-18-37(31-36)39-23-12-16-34-15-11-22-38(46(34)39)33-27-29-35(30-28-33)47-42-21-4-7-24-43(42)49-48(50-47)51-44-25-8-5-19-40(44)41-20-6-9-26-45(41)51/h4-12,15-32H,1-3,13-14H2. The average Bonchev–Trinajstić information content (AvgIpc) is 3.55. The van der Waals surface area contributed by atoms with Gasteiger partial charge in [0, 0.05) is 21.7 Å². The van der Waals surface area contributed by atoms with Gasteiger partial charge < -0.3 is 0 Å². The zero-order chi connectivity index (χ0) is 33.7. The lowest BCUT2D eigenvalue weighted by Crippen LogP contribution is -2.04. The smallest absolute Gasteiger partial charge is 0.235 e. The first-order valence-corrected chi connectivity index (χ1v) is 18.3. The molecular formula is C48H37N3. The zero-order valence-corrected chi connectivity index (χ0v) is 28.5. The minimum absolute atomic E-state index is 0.675. The number of fused-ring (bicyclic) bond motifs is 5. The second kappa shape index (κ2) is 12.4. The van der Waals surface area contributed by atoms with E-state index in [4.69, 9.17) is 9.97 Å². The van der Waals surface area contributed by atoms with Crippen LogP contribution < -0.4 is 0 Å². The third-order valence-corrected chi connectivity index (χ3v) is 11.0. The van der Waals surface area contributed by atoms with Gasteiger partial charge in [0.15, 0.2) is 0 Å². The number of aromatic nitrogens is 3. The van der Waals surface area contributed by atoms with E-state index in [9.17, 15) is 0 Å². The van der Waals surface area contributed by atoms with Crippen LogP contribution >= 0.6 is 0 Å². The second-order valence-corrected chi connectivity index (χ2v) is 14.0. The van der Waals surface area contributed by atoms with E-state index in [1.165, 1.54) is 81.5 Å². The molecular weight excluding hydrogens is 619 g/mol. The normalized spacial score (nSPS) is 13.8. The fraction of sp³-hybridized carbons (Fsp3) is 0.125. The van der Waals surface area contributed by atoms with Gasteiger partial charge in [-0.3, -0.25) is 4.57 Å². The highest BCUT2D eigenvalue weighted by Gasteiger charge is 2.19. The fourth-order valence-electron chi connectivity index (χ4n) is 8.55. The molecule has 0 bridgehead atoms. The molecule has 3 heteroatoms. The summed E-state index contributed by atoms with van der Waals surface area (Å²) in [6, 6.07) is 57.2. The van der Waals surface area contributed by atoms with E-state index in [0.717, 1.165) is 33.2 Å². The van der Waals surface area contributed by atoms with Gasteiger partial charge in [-0.25, -0.2) is 9.97 Å². The van der Waals surface area contributed by atoms with Gasteiger partial charge in [-0.1, -0.05) is 159 Å². The van der Waals surface area contributed by atoms with Crippen molar-refractivity contribution >= 4 is 43.5 Å². The number of rotatable bonds is 5. The Morgan fingerprint density at radius 1 is 0.471 bits per heavy atom. The van der Waals surface area contributed by atoms with Crippen molar-refractivity contribution in [2.75, 3.05) is 0 Å². The van der Waals surface area contributed by atoms with Crippen molar-refractivity contribution in [3.05, 3.63) is 163 Å². The molecule has 0 unspecified atom stereocenters. The van der Waals surface area contributed by atoms with Gasteiger partial charge in [0.1, 0.15) is 0 Å². The van der Waals surface area contributed by atoms with Gasteiger partial charge in [0.25, 0.3) is 0 Å². The molecule has 0 atom stereocenters. The molecule has 7 aromatic carbocycles. The maximum absolute atomic E-state index is 5.32. The van der Waals surface area contributed by atoms with E-state index in [-0.39, 0.29) is 0 Å². The summed E-state index contributed by atoms with van der Waals surface area (Å²) in [6.07, 6.45) is 6.67. The number of para-hydroxylation sites is 3. The van der Waals surface area contributed by atoms with Crippen LogP contribution in [0.15, 0.2) is 158 Å². The Kier molecular flexibility index (Phi) is 7.23. The summed E-state index contributed by atoms with van der Waals surface area (Å²) in [5.74, 6) is 1.35. The predicted octanol–water partition coefficient (Wildman–Crippen LogP) is 12.9. The molecule has 1 fully saturated rings. The molecule has 0 aliphatic heterocycles. The molecule has 0 amide bonds. The van der Waals surface area contributed by atoms with Crippen LogP contribution in [0, 0.1) is 0 Å². The first-order valence-electron chi connectivity index (χ1n) is 18.3. The summed E-state index contributed by atoms with van der Waals surface area (Å²) >= 11 is 0. The van der Waals surface area contributed by atoms with Gasteiger partial charge in [-0.15, -0.1) is 0 Å². The van der Waals surface area contributed by atoms with Gasteiger partial charge in [-0.05, 0) is 75.5 Å². The Morgan fingerprint density at radius 2 is 1.08 bits per heavy atom. The Hall–Kier alpha value is -6.06. The Balaban J connectivity index is 1.10. The molecule has 3 nitrogen and oxygen atoms in total. The molecule has 0 radical (unpaired) electrons. The maximum Gasteiger partial charge on any atom is 0.235 e. The van der Waals surface area contributed by atoms with E-state index < -0.39 is 0 Å². The first-order chi connectivity index (χ1) is 25.3. The topological polar surface area (TPSA) is 30.7 Å². The molecule has 9 aromatic rings. The molecule has 2 aromatic heterocycles. The third kappa shape index (κ3) is 5.11. The van der Waals surface area contributed by atoms with Crippen LogP contribution in [0.3, 0.4) is 0 Å². The highest BCUT2D eigenvalue weighted by molar-refractivity contribution is 6.09. The minimum Gasteiger partial charge on any atom is -0.278 e. The molecule has 10 rings (SSSR count). The lowest BCUT2D eigenvalue weighted by atomic mass is 9.82. The van der Waals surface area contributed by atoms with Crippen molar-refractivity contribution in [1.29, 1.82) is 0 Å². The van der Waals surface area contributed by atoms with Crippen LogP contribution in [0.4, 0.5) is 0 Å². The summed E-state index contributed by atoms with van der Waals surface area (Å²) in [6.45, 7) is 0. The Labute approximate surface area is 297 Å². The minimum atomic E-state index is 0.675. The summed E-state index contributed by atoms with van der Waals surface area (Å²) in [5.41, 5.74) is 11.7. The van der Waals surface area contributed by atoms with Crippen LogP contribution in [0.1, 0.15) is 43.6 Å². The molecule has 2 heterocycles. The summed E-state index contributed by atoms with van der Waals surface area (Å²) < 4.78 is 2.20. The molecule has 51 heavy (non-hydrogen) atoms. The SMILES string of the molecule is c1cc(-c2cccc3cccc(-c4ccc(-c5nc(-n6c7ccccc7c7ccccc76)nc6ccccc56)cc4)c23)cc(C2CCCCC2)c1. The summed E-state index contributed by atoms with van der Waals surface area (Å²) in [4.78, 5) is 10.4. The van der Waals surface area contributed by atoms with E-state index >= 15 is 0 Å². The predicted molar refractivity (Wildman–Crippen MR) is 214 cm³/mol. The molecule has 1 saturated carbocycles. The second-order valence-electron chi connectivity index (χ2n) is 14.0. The zero-order valence-electron chi connectivity index (χ0n) is 28.5. The number of benzene rings is 7. The van der Waals surface area contributed by atoms with E-state index in [2.05, 4.69) is 162 Å². The van der Waals surface area contributed by atoms with Crippen LogP contribution in [-0.4, -0.2) is 14.5 Å².